The Morgan fingerprint density at radius 2 is 2.12 bits per heavy atom. The summed E-state index contributed by atoms with van der Waals surface area (Å²) >= 11 is 0. The molecule has 1 aromatic rings. The van der Waals surface area contributed by atoms with Gasteiger partial charge in [0.05, 0.1) is 19.3 Å². The second-order valence-corrected chi connectivity index (χ2v) is 5.03. The first-order valence-electron chi connectivity index (χ1n) is 5.84. The predicted molar refractivity (Wildman–Crippen MR) is 68.1 cm³/mol. The highest BCUT2D eigenvalue weighted by Gasteiger charge is 2.40. The smallest absolute Gasteiger partial charge is 0.121 e. The minimum atomic E-state index is -0.315. The molecular weight excluding hydrogens is 212 g/mol. The maximum atomic E-state index is 9.20. The lowest BCUT2D eigenvalue weighted by molar-refractivity contribution is -0.0716. The molecule has 3 heteroatoms. The van der Waals surface area contributed by atoms with Gasteiger partial charge in [-0.3, -0.25) is 0 Å². The van der Waals surface area contributed by atoms with Gasteiger partial charge in [-0.1, -0.05) is 12.1 Å². The average molecular weight is 230 g/mol. The van der Waals surface area contributed by atoms with Crippen LogP contribution >= 0.6 is 0 Å². The topological polar surface area (TPSA) is 36.3 Å². The molecule has 0 unspecified atom stereocenters. The summed E-state index contributed by atoms with van der Waals surface area (Å²) in [7, 11) is 2.04. The highest BCUT2D eigenvalue weighted by Crippen LogP contribution is 2.30. The zero-order chi connectivity index (χ0) is 12.5. The lowest BCUT2D eigenvalue weighted by atomic mass is 9.87. The molecule has 0 amide bonds. The largest absolute Gasteiger partial charge is 0.378 e. The number of benzene rings is 1. The summed E-state index contributed by atoms with van der Waals surface area (Å²) < 4.78 is 5.17. The van der Waals surface area contributed by atoms with E-state index in [2.05, 4.69) is 43.0 Å². The first-order valence-corrected chi connectivity index (χ1v) is 5.84. The second kappa shape index (κ2) is 4.38. The first-order chi connectivity index (χ1) is 8.06. The minimum absolute atomic E-state index is 0.315. The molecule has 0 spiro atoms. The molecule has 90 valence electrons. The number of anilines is 1. The Hall–Kier alpha value is -1.53. The van der Waals surface area contributed by atoms with E-state index >= 15 is 0 Å². The molecule has 0 aromatic heterocycles. The van der Waals surface area contributed by atoms with Gasteiger partial charge in [-0.15, -0.1) is 0 Å². The van der Waals surface area contributed by atoms with Gasteiger partial charge >= 0.3 is 0 Å². The Labute approximate surface area is 103 Å². The Balaban J connectivity index is 2.17. The van der Waals surface area contributed by atoms with Crippen LogP contribution in [-0.4, -0.2) is 26.8 Å². The third-order valence-corrected chi connectivity index (χ3v) is 3.31. The van der Waals surface area contributed by atoms with Crippen molar-refractivity contribution >= 4 is 5.69 Å². The van der Waals surface area contributed by atoms with E-state index < -0.39 is 0 Å². The van der Waals surface area contributed by atoms with Gasteiger partial charge in [-0.2, -0.15) is 5.26 Å². The summed E-state index contributed by atoms with van der Waals surface area (Å²) in [6, 6.07) is 8.78. The van der Waals surface area contributed by atoms with E-state index in [1.165, 1.54) is 16.8 Å². The molecule has 0 bridgehead atoms. The molecule has 1 fully saturated rings. The van der Waals surface area contributed by atoms with Crippen LogP contribution in [0.4, 0.5) is 5.69 Å². The van der Waals surface area contributed by atoms with Gasteiger partial charge in [0.15, 0.2) is 0 Å². The molecule has 3 nitrogen and oxygen atoms in total. The molecule has 0 radical (unpaired) electrons. The monoisotopic (exact) mass is 230 g/mol. The Morgan fingerprint density at radius 3 is 2.65 bits per heavy atom. The highest BCUT2D eigenvalue weighted by atomic mass is 16.5. The van der Waals surface area contributed by atoms with Crippen molar-refractivity contribution in [2.45, 2.75) is 13.8 Å². The predicted octanol–water partition coefficient (Wildman–Crippen LogP) is 2.28. The molecule has 1 aromatic carbocycles. The summed E-state index contributed by atoms with van der Waals surface area (Å²) in [5.41, 5.74) is 3.37. The number of ether oxygens (including phenoxy) is 1. The quantitative estimate of drug-likeness (QED) is 0.799. The van der Waals surface area contributed by atoms with Crippen molar-refractivity contribution in [3.8, 4) is 6.07 Å². The molecule has 0 N–H and O–H groups in total. The number of nitriles is 1. The molecule has 17 heavy (non-hydrogen) atoms. The first kappa shape index (κ1) is 11.9. The summed E-state index contributed by atoms with van der Waals surface area (Å²) in [5.74, 6) is 0. The third kappa shape index (κ3) is 2.27. The molecule has 1 heterocycles. The Bertz CT molecular complexity index is 458. The van der Waals surface area contributed by atoms with Crippen LogP contribution in [0.2, 0.25) is 0 Å². The van der Waals surface area contributed by atoms with Crippen molar-refractivity contribution in [1.82, 2.24) is 0 Å². The molecule has 1 aliphatic rings. The number of rotatable bonds is 3. The molecule has 0 aliphatic carbocycles. The van der Waals surface area contributed by atoms with E-state index in [0.29, 0.717) is 13.2 Å². The van der Waals surface area contributed by atoms with Gasteiger partial charge in [-0.05, 0) is 31.0 Å². The van der Waals surface area contributed by atoms with E-state index in [1.807, 2.05) is 7.05 Å². The normalized spacial score (nSPS) is 17.1. The van der Waals surface area contributed by atoms with E-state index in [0.717, 1.165) is 6.54 Å². The van der Waals surface area contributed by atoms with Crippen LogP contribution in [0.25, 0.3) is 0 Å². The van der Waals surface area contributed by atoms with Gasteiger partial charge in [0, 0.05) is 19.3 Å². The highest BCUT2D eigenvalue weighted by molar-refractivity contribution is 5.54. The molecule has 1 aliphatic heterocycles. The van der Waals surface area contributed by atoms with E-state index in [9.17, 15) is 5.26 Å². The van der Waals surface area contributed by atoms with Crippen LogP contribution in [-0.2, 0) is 4.74 Å². The van der Waals surface area contributed by atoms with Crippen LogP contribution in [0.3, 0.4) is 0 Å². The standard InChI is InChI=1S/C14H18N2O/c1-11-4-5-12(2)13(6-11)16(3)8-14(7-15)9-17-10-14/h4-6H,8-10H2,1-3H3. The fourth-order valence-electron chi connectivity index (χ4n) is 2.21. The van der Waals surface area contributed by atoms with Crippen molar-refractivity contribution in [3.63, 3.8) is 0 Å². The van der Waals surface area contributed by atoms with Crippen molar-refractivity contribution < 1.29 is 4.74 Å². The Morgan fingerprint density at radius 1 is 1.41 bits per heavy atom. The van der Waals surface area contributed by atoms with Crippen molar-refractivity contribution in [1.29, 1.82) is 5.26 Å². The fraction of sp³-hybridized carbons (Fsp3) is 0.500. The van der Waals surface area contributed by atoms with E-state index in [1.54, 1.807) is 0 Å². The maximum absolute atomic E-state index is 9.20. The molecule has 2 rings (SSSR count). The fourth-order valence-corrected chi connectivity index (χ4v) is 2.21. The number of hydrogen-bond donors (Lipinski definition) is 0. The van der Waals surface area contributed by atoms with Gasteiger partial charge in [-0.25, -0.2) is 0 Å². The summed E-state index contributed by atoms with van der Waals surface area (Å²) in [6.07, 6.45) is 0. The van der Waals surface area contributed by atoms with Gasteiger partial charge in [0.1, 0.15) is 5.41 Å². The van der Waals surface area contributed by atoms with Crippen molar-refractivity contribution in [2.24, 2.45) is 5.41 Å². The van der Waals surface area contributed by atoms with Gasteiger partial charge < -0.3 is 9.64 Å². The number of nitrogens with zero attached hydrogens (tertiary/aromatic N) is 2. The third-order valence-electron chi connectivity index (χ3n) is 3.31. The van der Waals surface area contributed by atoms with Crippen LogP contribution < -0.4 is 4.90 Å². The van der Waals surface area contributed by atoms with Gasteiger partial charge in [0.2, 0.25) is 0 Å². The van der Waals surface area contributed by atoms with Crippen molar-refractivity contribution in [3.05, 3.63) is 29.3 Å². The molecule has 0 atom stereocenters. The Kier molecular flexibility index (Phi) is 3.08. The molecular formula is C14H18N2O. The van der Waals surface area contributed by atoms with Crippen molar-refractivity contribution in [2.75, 3.05) is 31.7 Å². The van der Waals surface area contributed by atoms with Crippen LogP contribution in [0.5, 0.6) is 0 Å². The molecule has 1 saturated heterocycles. The maximum Gasteiger partial charge on any atom is 0.121 e. The van der Waals surface area contributed by atoms with E-state index in [4.69, 9.17) is 4.74 Å². The zero-order valence-electron chi connectivity index (χ0n) is 10.7. The second-order valence-electron chi connectivity index (χ2n) is 5.03. The number of aryl methyl sites for hydroxylation is 2. The van der Waals surface area contributed by atoms with Crippen LogP contribution in [0.1, 0.15) is 11.1 Å². The lowest BCUT2D eigenvalue weighted by Gasteiger charge is -2.39. The number of hydrogen-bond acceptors (Lipinski definition) is 3. The van der Waals surface area contributed by atoms with Gasteiger partial charge in [0.25, 0.3) is 0 Å². The summed E-state index contributed by atoms with van der Waals surface area (Å²) in [6.45, 7) is 6.02. The summed E-state index contributed by atoms with van der Waals surface area (Å²) in [4.78, 5) is 2.16. The minimum Gasteiger partial charge on any atom is -0.378 e. The SMILES string of the molecule is Cc1ccc(C)c(N(C)CC2(C#N)COC2)c1. The summed E-state index contributed by atoms with van der Waals surface area (Å²) in [5, 5.41) is 9.20. The molecule has 0 saturated carbocycles. The van der Waals surface area contributed by atoms with E-state index in [-0.39, 0.29) is 5.41 Å². The van der Waals surface area contributed by atoms with Crippen LogP contribution in [0.15, 0.2) is 18.2 Å². The average Bonchev–Trinajstić information content (AvgIpc) is 2.26. The lowest BCUT2D eigenvalue weighted by Crippen LogP contribution is -2.49. The van der Waals surface area contributed by atoms with Crippen LogP contribution in [0, 0.1) is 30.6 Å². The zero-order valence-corrected chi connectivity index (χ0v) is 10.7.